The number of amides is 1. The number of halogens is 2. The Morgan fingerprint density at radius 3 is 2.79 bits per heavy atom. The Hall–Kier alpha value is -3.54. The number of carbonyl (C=O) groups is 1. The largest absolute Gasteiger partial charge is 0.326 e. The third-order valence-electron chi connectivity index (χ3n) is 4.42. The first-order valence-electron chi connectivity index (χ1n) is 8.77. The van der Waals surface area contributed by atoms with E-state index >= 15 is 0 Å². The Kier molecular flexibility index (Phi) is 4.61. The highest BCUT2D eigenvalue weighted by atomic mass is 19.1. The molecule has 0 unspecified atom stereocenters. The van der Waals surface area contributed by atoms with Crippen LogP contribution in [0.3, 0.4) is 0 Å². The number of aryl methyl sites for hydroxylation is 1. The fourth-order valence-corrected chi connectivity index (χ4v) is 3.02. The minimum absolute atomic E-state index is 0.144. The second-order valence-electron chi connectivity index (χ2n) is 6.64. The molecule has 140 valence electrons. The van der Waals surface area contributed by atoms with Gasteiger partial charge in [0.25, 0.3) is 0 Å². The molecular formula is C22H17F2N3O. The third-order valence-corrected chi connectivity index (χ3v) is 4.42. The van der Waals surface area contributed by atoms with E-state index < -0.39 is 11.6 Å². The summed E-state index contributed by atoms with van der Waals surface area (Å²) in [5.74, 6) is -1.78. The zero-order valence-electron chi connectivity index (χ0n) is 15.1. The van der Waals surface area contributed by atoms with E-state index in [1.165, 1.54) is 6.07 Å². The second-order valence-corrected chi connectivity index (χ2v) is 6.64. The van der Waals surface area contributed by atoms with Crippen molar-refractivity contribution in [2.45, 2.75) is 13.3 Å². The zero-order chi connectivity index (χ0) is 19.7. The molecule has 4 aromatic rings. The highest BCUT2D eigenvalue weighted by Gasteiger charge is 2.11. The number of imidazole rings is 1. The fourth-order valence-electron chi connectivity index (χ4n) is 3.02. The number of carbonyl (C=O) groups excluding carboxylic acids is 1. The van der Waals surface area contributed by atoms with Gasteiger partial charge in [0.2, 0.25) is 5.91 Å². The van der Waals surface area contributed by atoms with Crippen LogP contribution in [-0.4, -0.2) is 15.3 Å². The van der Waals surface area contributed by atoms with Crippen LogP contribution in [0.2, 0.25) is 0 Å². The van der Waals surface area contributed by atoms with Gasteiger partial charge < -0.3 is 9.72 Å². The van der Waals surface area contributed by atoms with E-state index in [9.17, 15) is 13.6 Å². The predicted molar refractivity (Wildman–Crippen MR) is 104 cm³/mol. The Morgan fingerprint density at radius 2 is 1.96 bits per heavy atom. The summed E-state index contributed by atoms with van der Waals surface area (Å²) in [7, 11) is 0. The number of nitrogens with one attached hydrogen (secondary N) is 1. The Morgan fingerprint density at radius 1 is 1.11 bits per heavy atom. The van der Waals surface area contributed by atoms with Crippen LogP contribution in [0.25, 0.3) is 16.9 Å². The van der Waals surface area contributed by atoms with Crippen LogP contribution in [-0.2, 0) is 11.2 Å². The summed E-state index contributed by atoms with van der Waals surface area (Å²) in [6.07, 6.45) is 3.69. The minimum atomic E-state index is -0.733. The number of aromatic nitrogens is 2. The van der Waals surface area contributed by atoms with Crippen molar-refractivity contribution < 1.29 is 13.6 Å². The van der Waals surface area contributed by atoms with Crippen molar-refractivity contribution in [2.75, 3.05) is 5.32 Å². The second kappa shape index (κ2) is 7.23. The van der Waals surface area contributed by atoms with E-state index in [-0.39, 0.29) is 17.9 Å². The lowest BCUT2D eigenvalue weighted by Gasteiger charge is -2.07. The van der Waals surface area contributed by atoms with E-state index in [4.69, 9.17) is 0 Å². The van der Waals surface area contributed by atoms with Gasteiger partial charge in [-0.05, 0) is 48.4 Å². The first-order valence-corrected chi connectivity index (χ1v) is 8.77. The number of rotatable bonds is 4. The molecule has 6 heteroatoms. The number of fused-ring (bicyclic) bond motifs is 1. The minimum Gasteiger partial charge on any atom is -0.326 e. The average molecular weight is 377 g/mol. The summed E-state index contributed by atoms with van der Waals surface area (Å²) in [6.45, 7) is 2.01. The first kappa shape index (κ1) is 17.9. The normalized spacial score (nSPS) is 11.0. The SMILES string of the molecule is Cc1ccn2cc(-c3cccc(NC(=O)Cc4ccc(F)cc4F)c3)nc2c1. The van der Waals surface area contributed by atoms with Crippen LogP contribution in [0.4, 0.5) is 14.5 Å². The molecule has 1 amide bonds. The van der Waals surface area contributed by atoms with E-state index in [2.05, 4.69) is 10.3 Å². The summed E-state index contributed by atoms with van der Waals surface area (Å²) in [6, 6.07) is 14.5. The summed E-state index contributed by atoms with van der Waals surface area (Å²) in [5.41, 5.74) is 4.33. The van der Waals surface area contributed by atoms with Crippen molar-refractivity contribution in [2.24, 2.45) is 0 Å². The molecule has 2 aromatic heterocycles. The fraction of sp³-hybridized carbons (Fsp3) is 0.0909. The van der Waals surface area contributed by atoms with Crippen molar-refractivity contribution in [1.29, 1.82) is 0 Å². The monoisotopic (exact) mass is 377 g/mol. The molecule has 1 N–H and O–H groups in total. The summed E-state index contributed by atoms with van der Waals surface area (Å²) in [4.78, 5) is 16.9. The van der Waals surface area contributed by atoms with Gasteiger partial charge >= 0.3 is 0 Å². The van der Waals surface area contributed by atoms with Crippen molar-refractivity contribution in [1.82, 2.24) is 9.38 Å². The Balaban J connectivity index is 1.53. The van der Waals surface area contributed by atoms with Crippen LogP contribution in [0.1, 0.15) is 11.1 Å². The Bertz CT molecular complexity index is 1180. The predicted octanol–water partition coefficient (Wildman–Crippen LogP) is 4.77. The maximum atomic E-state index is 13.7. The maximum Gasteiger partial charge on any atom is 0.228 e. The molecule has 0 atom stereocenters. The summed E-state index contributed by atoms with van der Waals surface area (Å²) >= 11 is 0. The molecule has 0 saturated carbocycles. The van der Waals surface area contributed by atoms with Gasteiger partial charge in [0.15, 0.2) is 0 Å². The zero-order valence-corrected chi connectivity index (χ0v) is 15.1. The van der Waals surface area contributed by atoms with Crippen molar-refractivity contribution in [3.05, 3.63) is 89.8 Å². The van der Waals surface area contributed by atoms with E-state index in [1.807, 2.05) is 54.0 Å². The molecule has 0 aliphatic heterocycles. The maximum absolute atomic E-state index is 13.7. The number of pyridine rings is 1. The van der Waals surface area contributed by atoms with Gasteiger partial charge in [-0.15, -0.1) is 0 Å². The lowest BCUT2D eigenvalue weighted by molar-refractivity contribution is -0.115. The third kappa shape index (κ3) is 3.76. The van der Waals surface area contributed by atoms with Gasteiger partial charge in [0.1, 0.15) is 17.3 Å². The lowest BCUT2D eigenvalue weighted by Crippen LogP contribution is -2.15. The van der Waals surface area contributed by atoms with Crippen molar-refractivity contribution in [3.63, 3.8) is 0 Å². The molecule has 0 spiro atoms. The van der Waals surface area contributed by atoms with Gasteiger partial charge in [-0.3, -0.25) is 4.79 Å². The van der Waals surface area contributed by atoms with Crippen LogP contribution < -0.4 is 5.32 Å². The number of anilines is 1. The quantitative estimate of drug-likeness (QED) is 0.557. The van der Waals surface area contributed by atoms with Crippen molar-refractivity contribution in [3.8, 4) is 11.3 Å². The van der Waals surface area contributed by atoms with Crippen molar-refractivity contribution >= 4 is 17.2 Å². The highest BCUT2D eigenvalue weighted by Crippen LogP contribution is 2.23. The number of hydrogen-bond donors (Lipinski definition) is 1. The molecule has 4 rings (SSSR count). The van der Waals surface area contributed by atoms with Gasteiger partial charge in [-0.2, -0.15) is 0 Å². The Labute approximate surface area is 160 Å². The molecule has 28 heavy (non-hydrogen) atoms. The van der Waals surface area contributed by atoms with Gasteiger partial charge in [-0.1, -0.05) is 18.2 Å². The van der Waals surface area contributed by atoms with Crippen LogP contribution in [0, 0.1) is 18.6 Å². The molecule has 0 fully saturated rings. The highest BCUT2D eigenvalue weighted by molar-refractivity contribution is 5.93. The average Bonchev–Trinajstić information content (AvgIpc) is 3.07. The first-order chi connectivity index (χ1) is 13.5. The molecule has 0 radical (unpaired) electrons. The van der Waals surface area contributed by atoms with Gasteiger partial charge in [0, 0.05) is 29.7 Å². The summed E-state index contributed by atoms with van der Waals surface area (Å²) in [5, 5.41) is 2.75. The van der Waals surface area contributed by atoms with Crippen LogP contribution in [0.15, 0.2) is 67.0 Å². The smallest absolute Gasteiger partial charge is 0.228 e. The number of benzene rings is 2. The van der Waals surface area contributed by atoms with E-state index in [1.54, 1.807) is 6.07 Å². The van der Waals surface area contributed by atoms with E-state index in [0.717, 1.165) is 34.6 Å². The molecule has 0 aliphatic carbocycles. The molecule has 2 aromatic carbocycles. The number of nitrogens with zero attached hydrogens (tertiary/aromatic N) is 2. The van der Waals surface area contributed by atoms with E-state index in [0.29, 0.717) is 5.69 Å². The molecule has 4 nitrogen and oxygen atoms in total. The molecule has 0 bridgehead atoms. The van der Waals surface area contributed by atoms with Crippen LogP contribution in [0.5, 0.6) is 0 Å². The van der Waals surface area contributed by atoms with Gasteiger partial charge in [-0.25, -0.2) is 13.8 Å². The topological polar surface area (TPSA) is 46.4 Å². The van der Waals surface area contributed by atoms with Crippen LogP contribution >= 0.6 is 0 Å². The molecule has 2 heterocycles. The lowest BCUT2D eigenvalue weighted by atomic mass is 10.1. The standard InChI is InChI=1S/C22H17F2N3O/c1-14-7-8-27-13-20(26-21(27)9-14)16-3-2-4-18(10-16)25-22(28)11-15-5-6-17(23)12-19(15)24/h2-10,12-13H,11H2,1H3,(H,25,28). The molecule has 0 aliphatic rings. The molecule has 0 saturated heterocycles. The van der Waals surface area contributed by atoms with Gasteiger partial charge in [0.05, 0.1) is 12.1 Å². The summed E-state index contributed by atoms with van der Waals surface area (Å²) < 4.78 is 28.7. The number of hydrogen-bond acceptors (Lipinski definition) is 2. The molecular weight excluding hydrogens is 360 g/mol.